The van der Waals surface area contributed by atoms with Gasteiger partial charge in [-0.3, -0.25) is 5.32 Å². The molecule has 6 nitrogen and oxygen atoms in total. The van der Waals surface area contributed by atoms with E-state index in [1.165, 1.54) is 0 Å². The summed E-state index contributed by atoms with van der Waals surface area (Å²) in [4.78, 5) is 9.82. The van der Waals surface area contributed by atoms with Crippen LogP contribution in [0.15, 0.2) is 30.3 Å². The molecule has 0 amide bonds. The van der Waals surface area contributed by atoms with Crippen molar-refractivity contribution in [2.75, 3.05) is 6.54 Å². The fourth-order valence-corrected chi connectivity index (χ4v) is 3.15. The topological polar surface area (TPSA) is 98.5 Å². The smallest absolute Gasteiger partial charge is 0.151 e. The third kappa shape index (κ3) is 7.66. The van der Waals surface area contributed by atoms with Gasteiger partial charge in [-0.25, -0.2) is 9.97 Å². The molecular formula is C23H33N3O3. The standard InChI is InChI=1S/C23H33N3O3/c1-3-10-18-19(15-16-21(27)24-4-2)25-20(13-8-9-14-22(28)29)23(26-18)17-11-6-5-7-12-17/h5-7,10-12,15,21-22,24,27-29H,3-4,8-9,13-14,16H2,1-2H3/b18-10+,19-15+. The van der Waals surface area contributed by atoms with Crippen molar-refractivity contribution in [1.82, 2.24) is 15.3 Å². The number of aliphatic hydroxyl groups excluding tert-OH is 2. The molecular weight excluding hydrogens is 366 g/mol. The predicted molar refractivity (Wildman–Crippen MR) is 116 cm³/mol. The fraction of sp³-hybridized carbons (Fsp3) is 0.478. The summed E-state index contributed by atoms with van der Waals surface area (Å²) in [5.74, 6) is 0. The Morgan fingerprint density at radius 3 is 2.34 bits per heavy atom. The highest BCUT2D eigenvalue weighted by Crippen LogP contribution is 2.19. The molecule has 1 heterocycles. The van der Waals surface area contributed by atoms with Gasteiger partial charge in [-0.2, -0.15) is 0 Å². The SMILES string of the molecule is CC/C=c1/nc(-c2ccccc2)c(CCCCC(O)O)n/c1=C/CC(O)NCC. The molecule has 0 spiro atoms. The van der Waals surface area contributed by atoms with Crippen LogP contribution >= 0.6 is 0 Å². The van der Waals surface area contributed by atoms with Crippen LogP contribution in [0.25, 0.3) is 23.4 Å². The molecule has 0 aliphatic heterocycles. The largest absolute Gasteiger partial charge is 0.378 e. The molecule has 0 saturated carbocycles. The van der Waals surface area contributed by atoms with Gasteiger partial charge in [0.1, 0.15) is 6.23 Å². The van der Waals surface area contributed by atoms with E-state index in [4.69, 9.17) is 20.2 Å². The van der Waals surface area contributed by atoms with Crippen molar-refractivity contribution in [3.05, 3.63) is 46.7 Å². The summed E-state index contributed by atoms with van der Waals surface area (Å²) in [7, 11) is 0. The minimum Gasteiger partial charge on any atom is -0.378 e. The number of aliphatic hydroxyl groups is 3. The number of aromatic nitrogens is 2. The number of nitrogens with zero attached hydrogens (tertiary/aromatic N) is 2. The van der Waals surface area contributed by atoms with Crippen molar-refractivity contribution in [2.45, 2.75) is 64.9 Å². The molecule has 0 radical (unpaired) electrons. The van der Waals surface area contributed by atoms with Gasteiger partial charge in [0, 0.05) is 12.0 Å². The number of unbranched alkanes of at least 4 members (excludes halogenated alkanes) is 1. The predicted octanol–water partition coefficient (Wildman–Crippen LogP) is 1.46. The van der Waals surface area contributed by atoms with Crippen LogP contribution in [0.2, 0.25) is 0 Å². The van der Waals surface area contributed by atoms with Crippen LogP contribution in [0.3, 0.4) is 0 Å². The molecule has 6 heteroatoms. The Morgan fingerprint density at radius 1 is 0.966 bits per heavy atom. The van der Waals surface area contributed by atoms with Crippen LogP contribution in [0, 0.1) is 0 Å². The minimum atomic E-state index is -1.27. The quantitative estimate of drug-likeness (QED) is 0.337. The van der Waals surface area contributed by atoms with Crippen molar-refractivity contribution < 1.29 is 15.3 Å². The van der Waals surface area contributed by atoms with Crippen molar-refractivity contribution >= 4 is 12.2 Å². The molecule has 0 aliphatic rings. The Hall–Kier alpha value is -2.12. The number of aryl methyl sites for hydroxylation is 1. The number of benzene rings is 1. The maximum atomic E-state index is 10.0. The van der Waals surface area contributed by atoms with E-state index in [-0.39, 0.29) is 0 Å². The molecule has 2 aromatic rings. The maximum absolute atomic E-state index is 10.0. The van der Waals surface area contributed by atoms with Gasteiger partial charge in [0.05, 0.1) is 22.1 Å². The van der Waals surface area contributed by atoms with Crippen molar-refractivity contribution in [3.63, 3.8) is 0 Å². The van der Waals surface area contributed by atoms with Gasteiger partial charge in [-0.1, -0.05) is 56.3 Å². The zero-order valence-electron chi connectivity index (χ0n) is 17.4. The first-order valence-corrected chi connectivity index (χ1v) is 10.5. The van der Waals surface area contributed by atoms with Crippen LogP contribution in [0.4, 0.5) is 0 Å². The molecule has 0 saturated heterocycles. The fourth-order valence-electron chi connectivity index (χ4n) is 3.15. The molecule has 2 rings (SSSR count). The van der Waals surface area contributed by atoms with Crippen molar-refractivity contribution in [3.8, 4) is 11.3 Å². The number of rotatable bonds is 11. The minimum absolute atomic E-state index is 0.351. The Morgan fingerprint density at radius 2 is 1.69 bits per heavy atom. The Bertz CT molecular complexity index is 854. The van der Waals surface area contributed by atoms with E-state index < -0.39 is 12.5 Å². The lowest BCUT2D eigenvalue weighted by Gasteiger charge is -2.11. The molecule has 29 heavy (non-hydrogen) atoms. The monoisotopic (exact) mass is 399 g/mol. The van der Waals surface area contributed by atoms with E-state index in [0.29, 0.717) is 32.2 Å². The van der Waals surface area contributed by atoms with E-state index in [0.717, 1.165) is 40.5 Å². The first-order chi connectivity index (χ1) is 14.0. The molecule has 1 aromatic carbocycles. The van der Waals surface area contributed by atoms with Gasteiger partial charge in [0.15, 0.2) is 6.29 Å². The van der Waals surface area contributed by atoms with Gasteiger partial charge < -0.3 is 15.3 Å². The zero-order valence-corrected chi connectivity index (χ0v) is 17.4. The molecule has 0 aliphatic carbocycles. The Balaban J connectivity index is 2.44. The van der Waals surface area contributed by atoms with E-state index in [9.17, 15) is 5.11 Å². The average Bonchev–Trinajstić information content (AvgIpc) is 2.71. The highest BCUT2D eigenvalue weighted by atomic mass is 16.5. The molecule has 1 atom stereocenters. The highest BCUT2D eigenvalue weighted by Gasteiger charge is 2.10. The first kappa shape index (κ1) is 23.2. The molecule has 1 unspecified atom stereocenters. The zero-order chi connectivity index (χ0) is 21.1. The molecule has 0 bridgehead atoms. The average molecular weight is 400 g/mol. The summed E-state index contributed by atoms with van der Waals surface area (Å²) in [6.07, 6.45) is 5.94. The van der Waals surface area contributed by atoms with E-state index in [2.05, 4.69) is 18.3 Å². The second-order valence-electron chi connectivity index (χ2n) is 7.01. The molecule has 0 fully saturated rings. The van der Waals surface area contributed by atoms with Gasteiger partial charge in [0.25, 0.3) is 0 Å². The van der Waals surface area contributed by atoms with Gasteiger partial charge in [-0.05, 0) is 38.6 Å². The first-order valence-electron chi connectivity index (χ1n) is 10.5. The Kier molecular flexibility index (Phi) is 9.94. The normalized spacial score (nSPS) is 14.0. The van der Waals surface area contributed by atoms with Crippen molar-refractivity contribution in [1.29, 1.82) is 0 Å². The van der Waals surface area contributed by atoms with Gasteiger partial charge in [0.2, 0.25) is 0 Å². The molecule has 4 N–H and O–H groups in total. The summed E-state index contributed by atoms with van der Waals surface area (Å²) in [5.41, 5.74) is 2.77. The molecule has 158 valence electrons. The second kappa shape index (κ2) is 12.4. The van der Waals surface area contributed by atoms with E-state index in [1.54, 1.807) is 0 Å². The number of nitrogens with one attached hydrogen (secondary N) is 1. The van der Waals surface area contributed by atoms with Gasteiger partial charge in [-0.15, -0.1) is 0 Å². The van der Waals surface area contributed by atoms with Crippen LogP contribution in [-0.4, -0.2) is 44.4 Å². The van der Waals surface area contributed by atoms with Crippen LogP contribution < -0.4 is 16.0 Å². The van der Waals surface area contributed by atoms with Crippen molar-refractivity contribution in [2.24, 2.45) is 0 Å². The highest BCUT2D eigenvalue weighted by molar-refractivity contribution is 5.61. The van der Waals surface area contributed by atoms with E-state index in [1.807, 2.05) is 43.3 Å². The van der Waals surface area contributed by atoms with Crippen LogP contribution in [0.5, 0.6) is 0 Å². The summed E-state index contributed by atoms with van der Waals surface area (Å²) in [6, 6.07) is 10.00. The third-order valence-corrected chi connectivity index (χ3v) is 4.57. The molecule has 1 aromatic heterocycles. The summed E-state index contributed by atoms with van der Waals surface area (Å²) in [6.45, 7) is 4.72. The van der Waals surface area contributed by atoms with E-state index >= 15 is 0 Å². The van der Waals surface area contributed by atoms with Crippen LogP contribution in [0.1, 0.15) is 51.6 Å². The Labute approximate surface area is 172 Å². The lowest BCUT2D eigenvalue weighted by atomic mass is 10.0. The number of hydrogen-bond donors (Lipinski definition) is 4. The second-order valence-corrected chi connectivity index (χ2v) is 7.01. The van der Waals surface area contributed by atoms with Crippen LogP contribution in [-0.2, 0) is 6.42 Å². The summed E-state index contributed by atoms with van der Waals surface area (Å²) < 4.78 is 0. The summed E-state index contributed by atoms with van der Waals surface area (Å²) in [5, 5.41) is 32.8. The number of hydrogen-bond acceptors (Lipinski definition) is 6. The lowest BCUT2D eigenvalue weighted by molar-refractivity contribution is -0.0465. The third-order valence-electron chi connectivity index (χ3n) is 4.57. The maximum Gasteiger partial charge on any atom is 0.151 e. The van der Waals surface area contributed by atoms with Gasteiger partial charge >= 0.3 is 0 Å². The summed E-state index contributed by atoms with van der Waals surface area (Å²) >= 11 is 0. The lowest BCUT2D eigenvalue weighted by Crippen LogP contribution is -2.35.